The zero-order chi connectivity index (χ0) is 20.4. The predicted octanol–water partition coefficient (Wildman–Crippen LogP) is 4.67. The van der Waals surface area contributed by atoms with Crippen LogP contribution < -0.4 is 14.2 Å². The van der Waals surface area contributed by atoms with Crippen LogP contribution in [-0.2, 0) is 0 Å². The van der Waals surface area contributed by atoms with Crippen molar-refractivity contribution in [1.82, 2.24) is 0 Å². The van der Waals surface area contributed by atoms with Crippen LogP contribution in [-0.4, -0.2) is 18.9 Å². The molecule has 0 saturated carbocycles. The summed E-state index contributed by atoms with van der Waals surface area (Å²) in [7, 11) is 1.54. The van der Waals surface area contributed by atoms with Crippen LogP contribution in [0.5, 0.6) is 17.2 Å². The number of halogens is 1. The minimum Gasteiger partial charge on any atom is -0.497 e. The third-order valence-corrected chi connectivity index (χ3v) is 4.32. The lowest BCUT2D eigenvalue weighted by Gasteiger charge is -2.06. The van der Waals surface area contributed by atoms with Crippen LogP contribution in [0.4, 0.5) is 4.39 Å². The highest BCUT2D eigenvalue weighted by atomic mass is 19.1. The largest absolute Gasteiger partial charge is 0.497 e. The standard InChI is InChI=1S/C23H15FO5/c1-27-17-7-5-15(6-8-17)23(26)28-18-9-10-19-20(13-18)29-21(22(19)25)12-14-3-2-4-16(24)11-14/h2-13H,1H3/b21-12-. The average molecular weight is 390 g/mol. The van der Waals surface area contributed by atoms with Crippen molar-refractivity contribution in [2.24, 2.45) is 0 Å². The summed E-state index contributed by atoms with van der Waals surface area (Å²) in [6, 6.07) is 16.8. The molecule has 0 aromatic heterocycles. The second-order valence-electron chi connectivity index (χ2n) is 6.27. The van der Waals surface area contributed by atoms with E-state index in [1.165, 1.54) is 43.5 Å². The molecule has 4 rings (SSSR count). The average Bonchev–Trinajstić information content (AvgIpc) is 3.03. The van der Waals surface area contributed by atoms with Gasteiger partial charge < -0.3 is 14.2 Å². The van der Waals surface area contributed by atoms with Gasteiger partial charge in [-0.1, -0.05) is 12.1 Å². The Bertz CT molecular complexity index is 1130. The molecule has 0 fully saturated rings. The van der Waals surface area contributed by atoms with Crippen LogP contribution >= 0.6 is 0 Å². The molecule has 0 radical (unpaired) electrons. The molecule has 1 heterocycles. The number of rotatable bonds is 4. The van der Waals surface area contributed by atoms with Crippen molar-refractivity contribution in [3.05, 3.63) is 95.0 Å². The lowest BCUT2D eigenvalue weighted by Crippen LogP contribution is -2.08. The number of ether oxygens (including phenoxy) is 3. The third kappa shape index (κ3) is 3.87. The molecule has 144 valence electrons. The Kier molecular flexibility index (Phi) is 4.83. The molecule has 1 aliphatic heterocycles. The van der Waals surface area contributed by atoms with Gasteiger partial charge in [0.1, 0.15) is 23.1 Å². The highest BCUT2D eigenvalue weighted by Gasteiger charge is 2.28. The number of fused-ring (bicyclic) bond motifs is 1. The molecule has 0 saturated heterocycles. The van der Waals surface area contributed by atoms with Crippen LogP contribution in [0.2, 0.25) is 0 Å². The van der Waals surface area contributed by atoms with E-state index in [9.17, 15) is 14.0 Å². The molecule has 0 spiro atoms. The van der Waals surface area contributed by atoms with Gasteiger partial charge in [-0.2, -0.15) is 0 Å². The number of allylic oxidation sites excluding steroid dienone is 1. The maximum atomic E-state index is 13.3. The number of hydrogen-bond donors (Lipinski definition) is 0. The summed E-state index contributed by atoms with van der Waals surface area (Å²) < 4.78 is 29.4. The minimum absolute atomic E-state index is 0.0734. The van der Waals surface area contributed by atoms with Gasteiger partial charge in [-0.3, -0.25) is 4.79 Å². The highest BCUT2D eigenvalue weighted by Crippen LogP contribution is 2.35. The van der Waals surface area contributed by atoms with E-state index in [0.717, 1.165) is 0 Å². The van der Waals surface area contributed by atoms with Gasteiger partial charge in [0.25, 0.3) is 0 Å². The molecule has 0 aliphatic carbocycles. The quantitative estimate of drug-likeness (QED) is 0.368. The van der Waals surface area contributed by atoms with E-state index in [2.05, 4.69) is 0 Å². The van der Waals surface area contributed by atoms with Gasteiger partial charge in [0, 0.05) is 6.07 Å². The molecule has 3 aromatic rings. The molecule has 0 amide bonds. The van der Waals surface area contributed by atoms with Crippen molar-refractivity contribution in [3.8, 4) is 17.2 Å². The first kappa shape index (κ1) is 18.4. The first-order chi connectivity index (χ1) is 14.0. The topological polar surface area (TPSA) is 61.8 Å². The van der Waals surface area contributed by atoms with Crippen molar-refractivity contribution >= 4 is 17.8 Å². The number of hydrogen-bond acceptors (Lipinski definition) is 5. The summed E-state index contributed by atoms with van der Waals surface area (Å²) in [4.78, 5) is 24.8. The zero-order valence-electron chi connectivity index (χ0n) is 15.3. The third-order valence-electron chi connectivity index (χ3n) is 4.32. The second kappa shape index (κ2) is 7.59. The Morgan fingerprint density at radius 2 is 1.76 bits per heavy atom. The number of methoxy groups -OCH3 is 1. The number of Topliss-reactive ketones (excluding diaryl/α,β-unsaturated/α-hetero) is 1. The predicted molar refractivity (Wildman–Crippen MR) is 104 cm³/mol. The summed E-state index contributed by atoms with van der Waals surface area (Å²) in [6.07, 6.45) is 1.47. The van der Waals surface area contributed by atoms with Crippen LogP contribution in [0.15, 0.2) is 72.5 Å². The normalized spacial score (nSPS) is 13.7. The summed E-state index contributed by atoms with van der Waals surface area (Å²) in [6.45, 7) is 0. The van der Waals surface area contributed by atoms with Crippen molar-refractivity contribution in [2.75, 3.05) is 7.11 Å². The fraction of sp³-hybridized carbons (Fsp3) is 0.0435. The van der Waals surface area contributed by atoms with Gasteiger partial charge in [-0.05, 0) is 60.2 Å². The van der Waals surface area contributed by atoms with E-state index in [1.807, 2.05) is 0 Å². The van der Waals surface area contributed by atoms with E-state index in [0.29, 0.717) is 22.4 Å². The van der Waals surface area contributed by atoms with Crippen molar-refractivity contribution in [1.29, 1.82) is 0 Å². The van der Waals surface area contributed by atoms with E-state index in [4.69, 9.17) is 14.2 Å². The van der Waals surface area contributed by atoms with Gasteiger partial charge in [-0.15, -0.1) is 0 Å². The molecular formula is C23H15FO5. The van der Waals surface area contributed by atoms with Gasteiger partial charge in [0.05, 0.1) is 18.2 Å². The van der Waals surface area contributed by atoms with E-state index >= 15 is 0 Å². The molecule has 6 heteroatoms. The molecule has 0 N–H and O–H groups in total. The number of carbonyl (C=O) groups is 2. The molecule has 0 bridgehead atoms. The number of carbonyl (C=O) groups excluding carboxylic acids is 2. The van der Waals surface area contributed by atoms with Crippen molar-refractivity contribution in [3.63, 3.8) is 0 Å². The lowest BCUT2D eigenvalue weighted by molar-refractivity contribution is 0.0734. The van der Waals surface area contributed by atoms with E-state index in [-0.39, 0.29) is 23.0 Å². The van der Waals surface area contributed by atoms with Crippen LogP contribution in [0.1, 0.15) is 26.3 Å². The Morgan fingerprint density at radius 3 is 2.48 bits per heavy atom. The van der Waals surface area contributed by atoms with Crippen molar-refractivity contribution in [2.45, 2.75) is 0 Å². The van der Waals surface area contributed by atoms with Crippen LogP contribution in [0, 0.1) is 5.82 Å². The Hall–Kier alpha value is -3.93. The molecule has 3 aromatic carbocycles. The van der Waals surface area contributed by atoms with Gasteiger partial charge in [-0.25, -0.2) is 9.18 Å². The molecule has 1 aliphatic rings. The fourth-order valence-electron chi connectivity index (χ4n) is 2.87. The lowest BCUT2D eigenvalue weighted by atomic mass is 10.1. The first-order valence-electron chi connectivity index (χ1n) is 8.73. The molecule has 29 heavy (non-hydrogen) atoms. The summed E-state index contributed by atoms with van der Waals surface area (Å²) in [5, 5.41) is 0. The number of ketones is 1. The monoisotopic (exact) mass is 390 g/mol. The first-order valence-corrected chi connectivity index (χ1v) is 8.73. The van der Waals surface area contributed by atoms with E-state index in [1.54, 1.807) is 36.4 Å². The van der Waals surface area contributed by atoms with Crippen molar-refractivity contribution < 1.29 is 28.2 Å². The Labute approximate surface area is 166 Å². The fourth-order valence-corrected chi connectivity index (χ4v) is 2.87. The number of benzene rings is 3. The molecule has 5 nitrogen and oxygen atoms in total. The van der Waals surface area contributed by atoms with E-state index < -0.39 is 11.8 Å². The summed E-state index contributed by atoms with van der Waals surface area (Å²) in [5.74, 6) is -0.0605. The maximum absolute atomic E-state index is 13.3. The molecular weight excluding hydrogens is 375 g/mol. The molecule has 0 atom stereocenters. The van der Waals surface area contributed by atoms with Gasteiger partial charge >= 0.3 is 5.97 Å². The molecule has 0 unspecified atom stereocenters. The highest BCUT2D eigenvalue weighted by molar-refractivity contribution is 6.14. The number of esters is 1. The Balaban J connectivity index is 1.53. The zero-order valence-corrected chi connectivity index (χ0v) is 15.3. The second-order valence-corrected chi connectivity index (χ2v) is 6.27. The Morgan fingerprint density at radius 1 is 1.00 bits per heavy atom. The van der Waals surface area contributed by atoms with Crippen LogP contribution in [0.3, 0.4) is 0 Å². The van der Waals surface area contributed by atoms with Gasteiger partial charge in [0.15, 0.2) is 5.76 Å². The summed E-state index contributed by atoms with van der Waals surface area (Å²) >= 11 is 0. The van der Waals surface area contributed by atoms with Crippen LogP contribution in [0.25, 0.3) is 6.08 Å². The summed E-state index contributed by atoms with van der Waals surface area (Å²) in [5.41, 5.74) is 1.21. The SMILES string of the molecule is COc1ccc(C(=O)Oc2ccc3c(c2)O/C(=C\c2cccc(F)c2)C3=O)cc1. The maximum Gasteiger partial charge on any atom is 0.343 e. The minimum atomic E-state index is -0.549. The van der Waals surface area contributed by atoms with Gasteiger partial charge in [0.2, 0.25) is 5.78 Å². The smallest absolute Gasteiger partial charge is 0.343 e.